The number of amides is 1. The summed E-state index contributed by atoms with van der Waals surface area (Å²) in [5, 5.41) is 3.20. The molecule has 7 nitrogen and oxygen atoms in total. The van der Waals surface area contributed by atoms with Crippen molar-refractivity contribution in [3.63, 3.8) is 0 Å². The monoisotopic (exact) mass is 355 g/mol. The lowest BCUT2D eigenvalue weighted by Gasteiger charge is -2.36. The maximum Gasteiger partial charge on any atom is 0.272 e. The van der Waals surface area contributed by atoms with Crippen molar-refractivity contribution in [2.45, 2.75) is 19.9 Å². The number of carbonyl (C=O) groups excluding carboxylic acids is 1. The zero-order valence-electron chi connectivity index (χ0n) is 15.5. The van der Waals surface area contributed by atoms with E-state index in [1.165, 1.54) is 6.33 Å². The third-order valence-corrected chi connectivity index (χ3v) is 4.33. The molecule has 138 valence electrons. The second-order valence-corrected chi connectivity index (χ2v) is 6.56. The Kier molecular flexibility index (Phi) is 5.55. The number of methoxy groups -OCH3 is 1. The van der Waals surface area contributed by atoms with Crippen molar-refractivity contribution in [1.82, 2.24) is 14.9 Å². The smallest absolute Gasteiger partial charge is 0.272 e. The highest BCUT2D eigenvalue weighted by Gasteiger charge is 2.23. The van der Waals surface area contributed by atoms with Gasteiger partial charge in [-0.3, -0.25) is 4.79 Å². The highest BCUT2D eigenvalue weighted by Crippen LogP contribution is 2.21. The number of hydrogen-bond donors (Lipinski definition) is 1. The second-order valence-electron chi connectivity index (χ2n) is 6.56. The van der Waals surface area contributed by atoms with Crippen LogP contribution in [-0.2, 0) is 0 Å². The molecule has 3 rings (SSSR count). The van der Waals surface area contributed by atoms with E-state index in [0.29, 0.717) is 24.6 Å². The zero-order valence-corrected chi connectivity index (χ0v) is 15.5. The zero-order chi connectivity index (χ0) is 18.5. The predicted octanol–water partition coefficient (Wildman–Crippen LogP) is 2.27. The van der Waals surface area contributed by atoms with Gasteiger partial charge in [-0.05, 0) is 38.1 Å². The van der Waals surface area contributed by atoms with E-state index in [9.17, 15) is 4.79 Å². The molecule has 0 bridgehead atoms. The highest BCUT2D eigenvalue weighted by atomic mass is 16.5. The van der Waals surface area contributed by atoms with Crippen LogP contribution in [0.4, 0.5) is 11.5 Å². The Morgan fingerprint density at radius 2 is 1.81 bits per heavy atom. The molecule has 1 amide bonds. The van der Waals surface area contributed by atoms with Crippen LogP contribution >= 0.6 is 0 Å². The number of benzene rings is 1. The number of carbonyl (C=O) groups is 1. The van der Waals surface area contributed by atoms with Crippen LogP contribution in [0.5, 0.6) is 5.75 Å². The molecule has 26 heavy (non-hydrogen) atoms. The first-order valence-corrected chi connectivity index (χ1v) is 8.83. The molecule has 1 aromatic heterocycles. The maximum absolute atomic E-state index is 12.7. The molecule has 0 aliphatic carbocycles. The third kappa shape index (κ3) is 4.22. The summed E-state index contributed by atoms with van der Waals surface area (Å²) in [6.07, 6.45) is 1.44. The summed E-state index contributed by atoms with van der Waals surface area (Å²) in [7, 11) is 1.66. The molecule has 0 atom stereocenters. The summed E-state index contributed by atoms with van der Waals surface area (Å²) in [5.74, 6) is 1.47. The van der Waals surface area contributed by atoms with Gasteiger partial charge in [0.15, 0.2) is 0 Å². The van der Waals surface area contributed by atoms with Gasteiger partial charge in [0, 0.05) is 44.0 Å². The number of ether oxygens (including phenoxy) is 1. The molecule has 0 saturated carbocycles. The Bertz CT molecular complexity index is 740. The standard InChI is InChI=1S/C19H25N5O2/c1-14(2)22-18-12-17(20-13-21-18)19(25)24-10-8-23(9-11-24)15-4-6-16(26-3)7-5-15/h4-7,12-14H,8-11H2,1-3H3,(H,20,21,22). The number of nitrogens with one attached hydrogen (secondary N) is 1. The summed E-state index contributed by atoms with van der Waals surface area (Å²) in [6, 6.07) is 9.97. The number of rotatable bonds is 5. The van der Waals surface area contributed by atoms with E-state index in [1.54, 1.807) is 13.2 Å². The normalized spacial score (nSPS) is 14.5. The minimum atomic E-state index is -0.0476. The van der Waals surface area contributed by atoms with Gasteiger partial charge in [-0.25, -0.2) is 9.97 Å². The van der Waals surface area contributed by atoms with Crippen LogP contribution in [0.1, 0.15) is 24.3 Å². The van der Waals surface area contributed by atoms with Crippen LogP contribution in [0.15, 0.2) is 36.7 Å². The SMILES string of the molecule is COc1ccc(N2CCN(C(=O)c3cc(NC(C)C)ncn3)CC2)cc1. The first-order valence-electron chi connectivity index (χ1n) is 8.83. The van der Waals surface area contributed by atoms with Gasteiger partial charge in [0.05, 0.1) is 7.11 Å². The summed E-state index contributed by atoms with van der Waals surface area (Å²) in [5.41, 5.74) is 1.57. The van der Waals surface area contributed by atoms with Crippen molar-refractivity contribution in [2.24, 2.45) is 0 Å². The highest BCUT2D eigenvalue weighted by molar-refractivity contribution is 5.93. The van der Waals surface area contributed by atoms with Crippen LogP contribution in [0.2, 0.25) is 0 Å². The van der Waals surface area contributed by atoms with E-state index < -0.39 is 0 Å². The van der Waals surface area contributed by atoms with Crippen molar-refractivity contribution in [3.8, 4) is 5.75 Å². The molecule has 1 aliphatic heterocycles. The van der Waals surface area contributed by atoms with Crippen molar-refractivity contribution in [1.29, 1.82) is 0 Å². The van der Waals surface area contributed by atoms with Crippen molar-refractivity contribution in [3.05, 3.63) is 42.4 Å². The number of anilines is 2. The van der Waals surface area contributed by atoms with E-state index in [4.69, 9.17) is 4.74 Å². The van der Waals surface area contributed by atoms with E-state index in [2.05, 4.69) is 20.2 Å². The minimum absolute atomic E-state index is 0.0476. The summed E-state index contributed by atoms with van der Waals surface area (Å²) >= 11 is 0. The molecule has 1 aliphatic rings. The maximum atomic E-state index is 12.7. The molecular formula is C19H25N5O2. The number of aromatic nitrogens is 2. The number of nitrogens with zero attached hydrogens (tertiary/aromatic N) is 4. The Morgan fingerprint density at radius 1 is 1.12 bits per heavy atom. The van der Waals surface area contributed by atoms with Crippen LogP contribution < -0.4 is 15.0 Å². The molecule has 1 fully saturated rings. The van der Waals surface area contributed by atoms with Gasteiger partial charge < -0.3 is 19.9 Å². The molecule has 2 aromatic rings. The summed E-state index contributed by atoms with van der Waals surface area (Å²) in [4.78, 5) is 25.2. The lowest BCUT2D eigenvalue weighted by atomic mass is 10.2. The lowest BCUT2D eigenvalue weighted by Crippen LogP contribution is -2.49. The van der Waals surface area contributed by atoms with Crippen molar-refractivity contribution in [2.75, 3.05) is 43.5 Å². The van der Waals surface area contributed by atoms with E-state index >= 15 is 0 Å². The molecule has 0 spiro atoms. The average molecular weight is 355 g/mol. The molecule has 1 saturated heterocycles. The van der Waals surface area contributed by atoms with Crippen LogP contribution in [-0.4, -0.2) is 60.1 Å². The number of hydrogen-bond acceptors (Lipinski definition) is 6. The van der Waals surface area contributed by atoms with Gasteiger partial charge in [-0.2, -0.15) is 0 Å². The predicted molar refractivity (Wildman–Crippen MR) is 102 cm³/mol. The van der Waals surface area contributed by atoms with E-state index in [0.717, 1.165) is 24.5 Å². The van der Waals surface area contributed by atoms with Gasteiger partial charge in [0.1, 0.15) is 23.6 Å². The first-order chi connectivity index (χ1) is 12.6. The topological polar surface area (TPSA) is 70.6 Å². The molecule has 1 aromatic carbocycles. The lowest BCUT2D eigenvalue weighted by molar-refractivity contribution is 0.0740. The fourth-order valence-electron chi connectivity index (χ4n) is 2.97. The fourth-order valence-corrected chi connectivity index (χ4v) is 2.97. The minimum Gasteiger partial charge on any atom is -0.497 e. The van der Waals surface area contributed by atoms with Gasteiger partial charge in [0.25, 0.3) is 5.91 Å². The Labute approximate surface area is 154 Å². The quantitative estimate of drug-likeness (QED) is 0.887. The second kappa shape index (κ2) is 8.03. The van der Waals surface area contributed by atoms with E-state index in [-0.39, 0.29) is 11.9 Å². The molecular weight excluding hydrogens is 330 g/mol. The van der Waals surface area contributed by atoms with Gasteiger partial charge in [-0.15, -0.1) is 0 Å². The average Bonchev–Trinajstić information content (AvgIpc) is 2.67. The summed E-state index contributed by atoms with van der Waals surface area (Å²) < 4.78 is 5.20. The Morgan fingerprint density at radius 3 is 2.42 bits per heavy atom. The van der Waals surface area contributed by atoms with Crippen molar-refractivity contribution < 1.29 is 9.53 Å². The van der Waals surface area contributed by atoms with Crippen LogP contribution in [0.25, 0.3) is 0 Å². The van der Waals surface area contributed by atoms with Gasteiger partial charge in [-0.1, -0.05) is 0 Å². The number of piperazine rings is 1. The Hall–Kier alpha value is -2.83. The van der Waals surface area contributed by atoms with Gasteiger partial charge in [0.2, 0.25) is 0 Å². The molecule has 7 heteroatoms. The third-order valence-electron chi connectivity index (χ3n) is 4.33. The van der Waals surface area contributed by atoms with Gasteiger partial charge >= 0.3 is 0 Å². The molecule has 1 N–H and O–H groups in total. The molecule has 0 radical (unpaired) electrons. The summed E-state index contributed by atoms with van der Waals surface area (Å²) in [6.45, 7) is 6.98. The fraction of sp³-hybridized carbons (Fsp3) is 0.421. The van der Waals surface area contributed by atoms with Crippen LogP contribution in [0.3, 0.4) is 0 Å². The molecule has 0 unspecified atom stereocenters. The largest absolute Gasteiger partial charge is 0.497 e. The molecule has 2 heterocycles. The van der Waals surface area contributed by atoms with Crippen LogP contribution in [0, 0.1) is 0 Å². The Balaban J connectivity index is 1.61. The first kappa shape index (κ1) is 18.0. The van der Waals surface area contributed by atoms with Crippen molar-refractivity contribution >= 4 is 17.4 Å². The van der Waals surface area contributed by atoms with E-state index in [1.807, 2.05) is 43.0 Å².